The maximum absolute atomic E-state index is 11.9. The quantitative estimate of drug-likeness (QED) is 0.856. The van der Waals surface area contributed by atoms with Gasteiger partial charge in [0.25, 0.3) is 0 Å². The van der Waals surface area contributed by atoms with Crippen molar-refractivity contribution < 1.29 is 19.4 Å². The van der Waals surface area contributed by atoms with Crippen LogP contribution in [-0.4, -0.2) is 23.2 Å². The number of carboxylic acids is 1. The van der Waals surface area contributed by atoms with E-state index >= 15 is 0 Å². The Morgan fingerprint density at radius 2 is 1.83 bits per heavy atom. The summed E-state index contributed by atoms with van der Waals surface area (Å²) in [6.07, 6.45) is 0.506. The minimum absolute atomic E-state index is 0.116. The summed E-state index contributed by atoms with van der Waals surface area (Å²) < 4.78 is 5.10. The highest BCUT2D eigenvalue weighted by Gasteiger charge is 2.31. The predicted molar refractivity (Wildman–Crippen MR) is 88.7 cm³/mol. The predicted octanol–water partition coefficient (Wildman–Crippen LogP) is 3.10. The number of benzene rings is 2. The summed E-state index contributed by atoms with van der Waals surface area (Å²) in [4.78, 5) is 23.3. The minimum Gasteiger partial charge on any atom is -0.480 e. The van der Waals surface area contributed by atoms with Crippen molar-refractivity contribution in [3.8, 4) is 0 Å². The number of carbonyl (C=O) groups excluding carboxylic acids is 1. The molecule has 0 saturated carbocycles. The third-order valence-electron chi connectivity index (χ3n) is 4.28. The molecule has 1 amide bonds. The van der Waals surface area contributed by atoms with Gasteiger partial charge in [-0.05, 0) is 35.4 Å². The molecule has 0 bridgehead atoms. The molecule has 0 fully saturated rings. The van der Waals surface area contributed by atoms with E-state index in [2.05, 4.69) is 5.32 Å². The number of amides is 1. The fraction of sp³-hybridized carbons (Fsp3) is 0.263. The molecule has 24 heavy (non-hydrogen) atoms. The van der Waals surface area contributed by atoms with Gasteiger partial charge < -0.3 is 15.2 Å². The average Bonchev–Trinajstić information content (AvgIpc) is 2.57. The monoisotopic (exact) mass is 325 g/mol. The fourth-order valence-corrected chi connectivity index (χ4v) is 2.99. The van der Waals surface area contributed by atoms with Crippen LogP contribution in [0, 0.1) is 0 Å². The summed E-state index contributed by atoms with van der Waals surface area (Å²) in [5.74, 6) is -0.882. The smallest absolute Gasteiger partial charge is 0.408 e. The van der Waals surface area contributed by atoms with Crippen LogP contribution < -0.4 is 5.32 Å². The number of hydrogen-bond donors (Lipinski definition) is 2. The van der Waals surface area contributed by atoms with E-state index in [1.165, 1.54) is 11.1 Å². The molecule has 0 saturated heterocycles. The van der Waals surface area contributed by atoms with Gasteiger partial charge in [0.1, 0.15) is 12.6 Å². The molecule has 2 unspecified atom stereocenters. The molecule has 2 aromatic rings. The summed E-state index contributed by atoms with van der Waals surface area (Å²) in [6, 6.07) is 16.3. The molecule has 0 heterocycles. The van der Waals surface area contributed by atoms with Crippen LogP contribution in [0.3, 0.4) is 0 Å². The summed E-state index contributed by atoms with van der Waals surface area (Å²) in [5.41, 5.74) is 3.27. The van der Waals surface area contributed by atoms with Crippen molar-refractivity contribution in [3.63, 3.8) is 0 Å². The first kappa shape index (κ1) is 16.1. The van der Waals surface area contributed by atoms with Crippen LogP contribution >= 0.6 is 0 Å². The molecule has 3 rings (SSSR count). The zero-order chi connectivity index (χ0) is 16.9. The number of aliphatic carboxylic acids is 1. The Morgan fingerprint density at radius 3 is 2.54 bits per heavy atom. The van der Waals surface area contributed by atoms with E-state index < -0.39 is 18.1 Å². The SMILES string of the molecule is O=C(NC(CC1Cc2ccccc21)C(=O)O)OCc1ccccc1. The highest BCUT2D eigenvalue weighted by atomic mass is 16.5. The molecular weight excluding hydrogens is 306 g/mol. The summed E-state index contributed by atoms with van der Waals surface area (Å²) in [7, 11) is 0. The van der Waals surface area contributed by atoms with E-state index in [0.29, 0.717) is 6.42 Å². The second-order valence-corrected chi connectivity index (χ2v) is 5.93. The third kappa shape index (κ3) is 3.74. The normalized spacial score (nSPS) is 16.4. The molecule has 2 aromatic carbocycles. The zero-order valence-electron chi connectivity index (χ0n) is 13.1. The van der Waals surface area contributed by atoms with Crippen molar-refractivity contribution in [1.82, 2.24) is 5.32 Å². The number of nitrogens with one attached hydrogen (secondary N) is 1. The Balaban J connectivity index is 1.53. The molecule has 0 radical (unpaired) electrons. The first-order valence-corrected chi connectivity index (χ1v) is 7.91. The van der Waals surface area contributed by atoms with Crippen molar-refractivity contribution in [1.29, 1.82) is 0 Å². The Hall–Kier alpha value is -2.82. The molecule has 2 atom stereocenters. The molecule has 0 aromatic heterocycles. The minimum atomic E-state index is -1.05. The van der Waals surface area contributed by atoms with Gasteiger partial charge in [-0.3, -0.25) is 0 Å². The van der Waals surface area contributed by atoms with Gasteiger partial charge in [0.2, 0.25) is 0 Å². The first-order chi connectivity index (χ1) is 11.6. The van der Waals surface area contributed by atoms with Crippen LogP contribution in [0.2, 0.25) is 0 Å². The number of rotatable bonds is 6. The number of carboxylic acid groups (broad SMARTS) is 1. The van der Waals surface area contributed by atoms with E-state index in [1.54, 1.807) is 0 Å². The number of fused-ring (bicyclic) bond motifs is 1. The standard InChI is InChI=1S/C19H19NO4/c21-18(22)17(11-15-10-14-8-4-5-9-16(14)15)20-19(23)24-12-13-6-2-1-3-7-13/h1-9,15,17H,10-12H2,(H,20,23)(H,21,22). The van der Waals surface area contributed by atoms with E-state index in [1.807, 2.05) is 54.6 Å². The van der Waals surface area contributed by atoms with Crippen LogP contribution in [0.1, 0.15) is 29.0 Å². The van der Waals surface area contributed by atoms with Crippen LogP contribution in [0.5, 0.6) is 0 Å². The lowest BCUT2D eigenvalue weighted by molar-refractivity contribution is -0.139. The zero-order valence-corrected chi connectivity index (χ0v) is 13.1. The number of carbonyl (C=O) groups is 2. The molecule has 5 nitrogen and oxygen atoms in total. The average molecular weight is 325 g/mol. The van der Waals surface area contributed by atoms with Gasteiger partial charge in [0.05, 0.1) is 0 Å². The summed E-state index contributed by atoms with van der Waals surface area (Å²) in [5, 5.41) is 11.8. The lowest BCUT2D eigenvalue weighted by atomic mass is 9.74. The molecule has 0 spiro atoms. The second kappa shape index (κ2) is 7.17. The molecular formula is C19H19NO4. The number of hydrogen-bond acceptors (Lipinski definition) is 3. The second-order valence-electron chi connectivity index (χ2n) is 5.93. The molecule has 124 valence electrons. The largest absolute Gasteiger partial charge is 0.480 e. The maximum Gasteiger partial charge on any atom is 0.408 e. The first-order valence-electron chi connectivity index (χ1n) is 7.91. The lowest BCUT2D eigenvalue weighted by Gasteiger charge is -2.32. The molecule has 2 N–H and O–H groups in total. The van der Waals surface area contributed by atoms with Crippen molar-refractivity contribution in [2.75, 3.05) is 0 Å². The van der Waals surface area contributed by atoms with Gasteiger partial charge >= 0.3 is 12.1 Å². The fourth-order valence-electron chi connectivity index (χ4n) is 2.99. The maximum atomic E-state index is 11.9. The Labute approximate surface area is 140 Å². The van der Waals surface area contributed by atoms with Gasteiger partial charge in [-0.15, -0.1) is 0 Å². The van der Waals surface area contributed by atoms with Gasteiger partial charge in [-0.1, -0.05) is 54.6 Å². The summed E-state index contributed by atoms with van der Waals surface area (Å²) in [6.45, 7) is 0.116. The topological polar surface area (TPSA) is 75.6 Å². The van der Waals surface area contributed by atoms with Gasteiger partial charge in [0, 0.05) is 0 Å². The van der Waals surface area contributed by atoms with E-state index in [4.69, 9.17) is 4.74 Å². The van der Waals surface area contributed by atoms with Crippen molar-refractivity contribution in [2.45, 2.75) is 31.4 Å². The van der Waals surface area contributed by atoms with E-state index in [0.717, 1.165) is 12.0 Å². The van der Waals surface area contributed by atoms with Crippen molar-refractivity contribution >= 4 is 12.1 Å². The number of ether oxygens (including phenoxy) is 1. The molecule has 1 aliphatic carbocycles. The molecule has 5 heteroatoms. The number of alkyl carbamates (subject to hydrolysis) is 1. The van der Waals surface area contributed by atoms with Gasteiger partial charge in [-0.25, -0.2) is 9.59 Å². The Kier molecular flexibility index (Phi) is 4.79. The van der Waals surface area contributed by atoms with Gasteiger partial charge in [-0.2, -0.15) is 0 Å². The van der Waals surface area contributed by atoms with Crippen LogP contribution in [0.15, 0.2) is 54.6 Å². The highest BCUT2D eigenvalue weighted by Crippen LogP contribution is 2.37. The van der Waals surface area contributed by atoms with Crippen molar-refractivity contribution in [2.24, 2.45) is 0 Å². The Bertz CT molecular complexity index is 729. The molecule has 1 aliphatic rings. The van der Waals surface area contributed by atoms with E-state index in [9.17, 15) is 14.7 Å². The van der Waals surface area contributed by atoms with E-state index in [-0.39, 0.29) is 12.5 Å². The van der Waals surface area contributed by atoms with Crippen LogP contribution in [0.4, 0.5) is 4.79 Å². The highest BCUT2D eigenvalue weighted by molar-refractivity contribution is 5.80. The molecule has 0 aliphatic heterocycles. The van der Waals surface area contributed by atoms with Crippen LogP contribution in [0.25, 0.3) is 0 Å². The van der Waals surface area contributed by atoms with Crippen molar-refractivity contribution in [3.05, 3.63) is 71.3 Å². The summed E-state index contributed by atoms with van der Waals surface area (Å²) >= 11 is 0. The van der Waals surface area contributed by atoms with Gasteiger partial charge in [0.15, 0.2) is 0 Å². The van der Waals surface area contributed by atoms with Crippen LogP contribution in [-0.2, 0) is 22.6 Å². The third-order valence-corrected chi connectivity index (χ3v) is 4.28. The lowest BCUT2D eigenvalue weighted by Crippen LogP contribution is -2.43. The Morgan fingerprint density at radius 1 is 1.12 bits per heavy atom.